The largest absolute Gasteiger partial charge is 0.435 e. The maximum Gasteiger partial charge on any atom is 0.435 e. The molecular weight excluding hydrogens is 692 g/mol. The van der Waals surface area contributed by atoms with Gasteiger partial charge in [-0.1, -0.05) is 17.7 Å². The van der Waals surface area contributed by atoms with E-state index in [9.17, 15) is 53.5 Å². The molecular formula is C26H13BrClF10N3O2. The Hall–Kier alpha value is -3.84. The summed E-state index contributed by atoms with van der Waals surface area (Å²) in [6, 6.07) is 9.45. The molecule has 3 aromatic carbocycles. The van der Waals surface area contributed by atoms with E-state index in [-0.39, 0.29) is 27.9 Å². The van der Waals surface area contributed by atoms with Gasteiger partial charge in [0.15, 0.2) is 0 Å². The second-order valence-electron chi connectivity index (χ2n) is 8.71. The summed E-state index contributed by atoms with van der Waals surface area (Å²) >= 11 is 8.47. The van der Waals surface area contributed by atoms with Gasteiger partial charge in [0.05, 0.1) is 33.5 Å². The van der Waals surface area contributed by atoms with Gasteiger partial charge in [0.2, 0.25) is 0 Å². The van der Waals surface area contributed by atoms with Crippen LogP contribution in [0.4, 0.5) is 55.3 Å². The van der Waals surface area contributed by atoms with Gasteiger partial charge in [0.1, 0.15) is 0 Å². The highest BCUT2D eigenvalue weighted by Crippen LogP contribution is 2.55. The number of amides is 2. The van der Waals surface area contributed by atoms with Gasteiger partial charge >= 0.3 is 24.2 Å². The second-order valence-corrected chi connectivity index (χ2v) is 9.97. The topological polar surface area (TPSA) is 73.2 Å². The molecule has 5 nitrogen and oxygen atoms in total. The lowest BCUT2D eigenvalue weighted by atomic mass is 9.92. The summed E-state index contributed by atoms with van der Waals surface area (Å²) in [6.45, 7) is 0. The summed E-state index contributed by atoms with van der Waals surface area (Å²) in [6.07, 6.45) is -19.0. The van der Waals surface area contributed by atoms with Crippen LogP contribution in [0.15, 0.2) is 59.1 Å². The molecule has 43 heavy (non-hydrogen) atoms. The van der Waals surface area contributed by atoms with Crippen LogP contribution in [0.3, 0.4) is 0 Å². The predicted molar refractivity (Wildman–Crippen MR) is 137 cm³/mol. The highest BCUT2D eigenvalue weighted by Gasteiger charge is 2.73. The number of carbonyl (C=O) groups excluding carboxylic acids is 2. The van der Waals surface area contributed by atoms with Crippen LogP contribution in [0.5, 0.6) is 0 Å². The van der Waals surface area contributed by atoms with Crippen LogP contribution in [-0.2, 0) is 11.8 Å². The maximum absolute atomic E-state index is 14.5. The van der Waals surface area contributed by atoms with Gasteiger partial charge in [0, 0.05) is 28.3 Å². The van der Waals surface area contributed by atoms with Crippen molar-refractivity contribution in [3.8, 4) is 6.07 Å². The first kappa shape index (κ1) is 33.7. The number of halogens is 12. The van der Waals surface area contributed by atoms with E-state index in [1.807, 2.05) is 6.07 Å². The van der Waals surface area contributed by atoms with E-state index in [1.165, 1.54) is 37.4 Å². The lowest BCUT2D eigenvalue weighted by Gasteiger charge is -2.31. The van der Waals surface area contributed by atoms with Crippen LogP contribution in [0, 0.1) is 11.3 Å². The van der Waals surface area contributed by atoms with Crippen LogP contribution < -0.4 is 10.2 Å². The third-order valence-electron chi connectivity index (χ3n) is 5.94. The molecule has 0 saturated carbocycles. The Labute approximate surface area is 248 Å². The van der Waals surface area contributed by atoms with Crippen molar-refractivity contribution in [2.45, 2.75) is 24.2 Å². The monoisotopic (exact) mass is 703 g/mol. The number of alkyl halides is 10. The van der Waals surface area contributed by atoms with Gasteiger partial charge in [-0.3, -0.25) is 9.59 Å². The van der Waals surface area contributed by atoms with Gasteiger partial charge in [-0.2, -0.15) is 44.8 Å². The van der Waals surface area contributed by atoms with E-state index >= 15 is 0 Å². The quantitative estimate of drug-likeness (QED) is 0.270. The minimum absolute atomic E-state index is 0.0149. The Morgan fingerprint density at radius 1 is 0.907 bits per heavy atom. The average Bonchev–Trinajstić information content (AvgIpc) is 2.90. The lowest BCUT2D eigenvalue weighted by molar-refractivity contribution is -0.348. The Balaban J connectivity index is 2.02. The standard InChI is InChI=1S/C26H13BrClF10N3O2/c1-41(22(43)16-6-5-12(11-39)7-19(16)28)15-4-2-3-13(8-15)21(42)40-20-17(24(30,31)32)9-14(10-18(20)27)23(29,25(33,34)35)26(36,37)38/h2-10H,1H3,(H,40,42). The fourth-order valence-electron chi connectivity index (χ4n) is 3.74. The van der Waals surface area contributed by atoms with Crippen molar-refractivity contribution in [1.29, 1.82) is 5.26 Å². The van der Waals surface area contributed by atoms with Crippen LogP contribution in [0.25, 0.3) is 0 Å². The number of benzene rings is 3. The number of nitrogens with zero attached hydrogens (tertiary/aromatic N) is 2. The molecule has 0 bridgehead atoms. The number of carbonyl (C=O) groups is 2. The van der Waals surface area contributed by atoms with E-state index in [4.69, 9.17) is 16.9 Å². The smallest absolute Gasteiger partial charge is 0.320 e. The molecule has 0 spiro atoms. The Morgan fingerprint density at radius 2 is 1.51 bits per heavy atom. The minimum atomic E-state index is -6.69. The molecule has 0 unspecified atom stereocenters. The SMILES string of the molecule is CN(C(=O)c1ccc(C#N)cc1Cl)c1cccc(C(=O)Nc2c(Br)cc(C(F)(C(F)(F)F)C(F)(F)F)cc2C(F)(F)F)c1. The average molecular weight is 705 g/mol. The van der Waals surface area contributed by atoms with Crippen LogP contribution in [0.2, 0.25) is 5.02 Å². The number of hydrogen-bond donors (Lipinski definition) is 1. The lowest BCUT2D eigenvalue weighted by Crippen LogP contribution is -2.50. The zero-order valence-electron chi connectivity index (χ0n) is 20.9. The molecule has 0 fully saturated rings. The zero-order chi connectivity index (χ0) is 32.7. The van der Waals surface area contributed by atoms with Gasteiger partial charge in [-0.25, -0.2) is 4.39 Å². The third kappa shape index (κ3) is 6.57. The Kier molecular flexibility index (Phi) is 9.14. The van der Waals surface area contributed by atoms with Crippen molar-refractivity contribution >= 4 is 50.7 Å². The molecule has 17 heteroatoms. The number of anilines is 2. The van der Waals surface area contributed by atoms with Crippen molar-refractivity contribution in [2.75, 3.05) is 17.3 Å². The molecule has 2 amide bonds. The number of hydrogen-bond acceptors (Lipinski definition) is 3. The molecule has 0 atom stereocenters. The molecule has 228 valence electrons. The van der Waals surface area contributed by atoms with E-state index < -0.39 is 68.9 Å². The first-order chi connectivity index (χ1) is 19.6. The first-order valence-corrected chi connectivity index (χ1v) is 12.4. The molecule has 0 heterocycles. The maximum atomic E-state index is 14.5. The molecule has 3 rings (SSSR count). The fourth-order valence-corrected chi connectivity index (χ4v) is 4.56. The highest BCUT2D eigenvalue weighted by molar-refractivity contribution is 9.10. The predicted octanol–water partition coefficient (Wildman–Crippen LogP) is 8.81. The van der Waals surface area contributed by atoms with Gasteiger partial charge in [-0.05, 0) is 64.5 Å². The molecule has 1 N–H and O–H groups in total. The van der Waals surface area contributed by atoms with Crippen molar-refractivity contribution < 1.29 is 53.5 Å². The Bertz CT molecular complexity index is 1620. The minimum Gasteiger partial charge on any atom is -0.320 e. The normalized spacial score (nSPS) is 12.5. The van der Waals surface area contributed by atoms with E-state index in [2.05, 4.69) is 15.9 Å². The number of rotatable bonds is 5. The van der Waals surface area contributed by atoms with Crippen molar-refractivity contribution in [1.82, 2.24) is 0 Å². The summed E-state index contributed by atoms with van der Waals surface area (Å²) < 4.78 is 134. The molecule has 0 aliphatic rings. The summed E-state index contributed by atoms with van der Waals surface area (Å²) in [5, 5.41) is 10.6. The van der Waals surface area contributed by atoms with Gasteiger partial charge < -0.3 is 10.2 Å². The van der Waals surface area contributed by atoms with Crippen molar-refractivity contribution in [3.05, 3.63) is 91.9 Å². The summed E-state index contributed by atoms with van der Waals surface area (Å²) in [4.78, 5) is 26.8. The van der Waals surface area contributed by atoms with Crippen LogP contribution in [-0.4, -0.2) is 31.2 Å². The molecule has 0 saturated heterocycles. The fraction of sp³-hybridized carbons (Fsp3) is 0.192. The third-order valence-corrected chi connectivity index (χ3v) is 6.88. The van der Waals surface area contributed by atoms with E-state index in [1.54, 1.807) is 5.32 Å². The van der Waals surface area contributed by atoms with Crippen LogP contribution >= 0.6 is 27.5 Å². The molecule has 3 aromatic rings. The Morgan fingerprint density at radius 3 is 2.02 bits per heavy atom. The molecule has 0 aromatic heterocycles. The first-order valence-electron chi connectivity index (χ1n) is 11.3. The van der Waals surface area contributed by atoms with E-state index in [0.717, 1.165) is 17.0 Å². The summed E-state index contributed by atoms with van der Waals surface area (Å²) in [5.41, 5.74) is -12.4. The van der Waals surface area contributed by atoms with Gasteiger partial charge in [0.25, 0.3) is 11.8 Å². The summed E-state index contributed by atoms with van der Waals surface area (Å²) in [5.74, 6) is -2.04. The summed E-state index contributed by atoms with van der Waals surface area (Å²) in [7, 11) is 1.26. The van der Waals surface area contributed by atoms with Crippen molar-refractivity contribution in [2.24, 2.45) is 0 Å². The molecule has 0 aliphatic carbocycles. The second kappa shape index (κ2) is 11.7. The number of nitrogens with one attached hydrogen (secondary N) is 1. The van der Waals surface area contributed by atoms with Crippen molar-refractivity contribution in [3.63, 3.8) is 0 Å². The molecule has 0 radical (unpaired) electrons. The van der Waals surface area contributed by atoms with Crippen LogP contribution in [0.1, 0.15) is 37.4 Å². The zero-order valence-corrected chi connectivity index (χ0v) is 23.3. The number of nitriles is 1. The van der Waals surface area contributed by atoms with Gasteiger partial charge in [-0.15, -0.1) is 0 Å². The molecule has 0 aliphatic heterocycles. The highest BCUT2D eigenvalue weighted by atomic mass is 79.9. The van der Waals surface area contributed by atoms with E-state index in [0.29, 0.717) is 0 Å².